The molecule has 50 heavy (non-hydrogen) atoms. The van der Waals surface area contributed by atoms with Gasteiger partial charge in [0.1, 0.15) is 0 Å². The predicted octanol–water partition coefficient (Wildman–Crippen LogP) is 18.0. The van der Waals surface area contributed by atoms with Crippen molar-refractivity contribution in [2.75, 3.05) is 5.75 Å². The maximum Gasteiger partial charge on any atom is 0.0584 e. The van der Waals surface area contributed by atoms with Crippen LogP contribution in [0.3, 0.4) is 0 Å². The van der Waals surface area contributed by atoms with E-state index in [2.05, 4.69) is 121 Å². The van der Waals surface area contributed by atoms with E-state index < -0.39 is 10.0 Å². The molecule has 0 N–H and O–H groups in total. The lowest BCUT2D eigenvalue weighted by Gasteiger charge is -2.41. The van der Waals surface area contributed by atoms with E-state index in [0.717, 1.165) is 5.92 Å². The Morgan fingerprint density at radius 1 is 0.600 bits per heavy atom. The van der Waals surface area contributed by atoms with Crippen LogP contribution in [-0.2, 0) is 11.8 Å². The van der Waals surface area contributed by atoms with Gasteiger partial charge in [-0.1, -0.05) is 178 Å². The molecule has 0 bridgehead atoms. The van der Waals surface area contributed by atoms with Crippen LogP contribution < -0.4 is 0 Å². The second-order valence-corrected chi connectivity index (χ2v) is 21.3. The topological polar surface area (TPSA) is 0 Å². The summed E-state index contributed by atoms with van der Waals surface area (Å²) in [5, 5.41) is 0. The molecule has 0 amide bonds. The molecule has 1 aliphatic heterocycles. The van der Waals surface area contributed by atoms with E-state index >= 15 is 0 Å². The molecule has 2 atom stereocenters. The van der Waals surface area contributed by atoms with Gasteiger partial charge in [-0.2, -0.15) is 10.0 Å². The van der Waals surface area contributed by atoms with Crippen LogP contribution in [0.25, 0.3) is 9.75 Å². The second-order valence-electron chi connectivity index (χ2n) is 15.8. The van der Waals surface area contributed by atoms with Crippen molar-refractivity contribution < 1.29 is 0 Å². The number of thiophene rings is 2. The third kappa shape index (κ3) is 13.1. The van der Waals surface area contributed by atoms with Gasteiger partial charge in [0.15, 0.2) is 0 Å². The summed E-state index contributed by atoms with van der Waals surface area (Å²) in [6.45, 7) is 24.8. The molecule has 4 rings (SSSR count). The van der Waals surface area contributed by atoms with Gasteiger partial charge >= 0.3 is 0 Å². The highest BCUT2D eigenvalue weighted by Gasteiger charge is 2.45. The third-order valence-corrected chi connectivity index (χ3v) is 17.3. The number of rotatable bonds is 21. The van der Waals surface area contributed by atoms with Crippen LogP contribution in [0.5, 0.6) is 0 Å². The minimum atomic E-state index is -1.30. The monoisotopic (exact) mass is 741 g/mol. The van der Waals surface area contributed by atoms with Gasteiger partial charge in [0.2, 0.25) is 0 Å². The average molecular weight is 741 g/mol. The van der Waals surface area contributed by atoms with E-state index in [1.807, 2.05) is 13.8 Å². The Bertz CT molecular complexity index is 1290. The molecule has 0 radical (unpaired) electrons. The summed E-state index contributed by atoms with van der Waals surface area (Å²) < 4.78 is 0. The van der Waals surface area contributed by atoms with Crippen LogP contribution >= 0.6 is 32.7 Å². The van der Waals surface area contributed by atoms with Crippen molar-refractivity contribution in [3.8, 4) is 9.75 Å². The van der Waals surface area contributed by atoms with Gasteiger partial charge in [0, 0.05) is 19.5 Å². The number of unbranched alkanes of at least 4 members (excludes halogenated alkanes) is 12. The summed E-state index contributed by atoms with van der Waals surface area (Å²) in [7, 11) is -1.30. The van der Waals surface area contributed by atoms with Gasteiger partial charge < -0.3 is 0 Å². The molecule has 0 aliphatic carbocycles. The van der Waals surface area contributed by atoms with Crippen LogP contribution in [0.1, 0.15) is 200 Å². The van der Waals surface area contributed by atoms with Crippen molar-refractivity contribution in [2.24, 2.45) is 5.92 Å². The van der Waals surface area contributed by atoms with Crippen LogP contribution in [0, 0.1) is 12.8 Å². The second kappa shape index (κ2) is 24.3. The summed E-state index contributed by atoms with van der Waals surface area (Å²) in [6.07, 6.45) is 26.0. The smallest absolute Gasteiger partial charge is 0.0584 e. The van der Waals surface area contributed by atoms with Crippen LogP contribution in [0.15, 0.2) is 51.1 Å². The molecular weight excluding hydrogens is 661 g/mol. The average Bonchev–Trinajstić information content (AvgIpc) is 3.78. The van der Waals surface area contributed by atoms with E-state index in [1.54, 1.807) is 29.3 Å². The van der Waals surface area contributed by atoms with Crippen LogP contribution in [0.4, 0.5) is 0 Å². The van der Waals surface area contributed by atoms with Gasteiger partial charge in [0.05, 0.1) is 9.75 Å². The number of benzene rings is 1. The van der Waals surface area contributed by atoms with E-state index in [1.165, 1.54) is 138 Å². The van der Waals surface area contributed by atoms with E-state index in [4.69, 9.17) is 0 Å². The van der Waals surface area contributed by atoms with E-state index in [-0.39, 0.29) is 5.41 Å². The van der Waals surface area contributed by atoms with E-state index in [0.29, 0.717) is 0 Å². The Morgan fingerprint density at radius 3 is 1.60 bits per heavy atom. The Labute approximate surface area is 322 Å². The minimum absolute atomic E-state index is 0.187. The maximum absolute atomic E-state index is 2.69. The van der Waals surface area contributed by atoms with Gasteiger partial charge in [0.25, 0.3) is 0 Å². The standard InChI is InChI=1S/C42H66S3.C3H8.C2H6/c1-8-11-14-17-19-22-25-35(24-20-16-13-10-3)32-45(36-28-26-34(27-29-36)23-21-18-15-12-9-2)37-30-33(4)43-40(37)41-38(45)31-39(44-41)42(5,6)7;1-3-2;1-2/h26-31,35H,8-25,32H2,1-7H3;3H2,1-2H3;1-2H3. The molecule has 3 heteroatoms. The third-order valence-electron chi connectivity index (χ3n) is 10.0. The highest BCUT2D eigenvalue weighted by Crippen LogP contribution is 2.79. The highest BCUT2D eigenvalue weighted by atomic mass is 32.3. The maximum atomic E-state index is 2.69. The summed E-state index contributed by atoms with van der Waals surface area (Å²) in [5.74, 6) is 2.15. The lowest BCUT2D eigenvalue weighted by atomic mass is 9.95. The SMILES string of the molecule is CC.CCC.CCCCCCCCC(CCCCCC)CS1(c2ccc(CCCCCCC)cc2)c2cc(C)sc2-c2sc(C(C)(C)C)cc21. The normalized spacial score (nSPS) is 16.8. The summed E-state index contributed by atoms with van der Waals surface area (Å²) >= 11 is 4.19. The van der Waals surface area contributed by atoms with Gasteiger partial charge in [-0.05, 0) is 84.4 Å². The zero-order valence-corrected chi connectivity index (χ0v) is 37.4. The number of fused-ring (bicyclic) bond motifs is 3. The molecule has 1 aromatic carbocycles. The fourth-order valence-corrected chi connectivity index (χ4v) is 15.3. The molecule has 286 valence electrons. The van der Waals surface area contributed by atoms with Gasteiger partial charge in [-0.15, -0.1) is 22.7 Å². The number of aryl methyl sites for hydroxylation is 2. The first-order valence-corrected chi connectivity index (χ1v) is 24.7. The Morgan fingerprint density at radius 2 is 1.06 bits per heavy atom. The minimum Gasteiger partial charge on any atom is -0.157 e. The Kier molecular flexibility index (Phi) is 21.9. The fourth-order valence-electron chi connectivity index (χ4n) is 7.28. The largest absolute Gasteiger partial charge is 0.157 e. The van der Waals surface area contributed by atoms with Crippen LogP contribution in [0.2, 0.25) is 0 Å². The summed E-state index contributed by atoms with van der Waals surface area (Å²) in [4.78, 5) is 11.4. The lowest BCUT2D eigenvalue weighted by Crippen LogP contribution is -2.15. The first-order valence-electron chi connectivity index (χ1n) is 21.3. The van der Waals surface area contributed by atoms with E-state index in [9.17, 15) is 0 Å². The first-order chi connectivity index (χ1) is 24.2. The zero-order chi connectivity index (χ0) is 37.0. The van der Waals surface area contributed by atoms with Crippen molar-refractivity contribution >= 4 is 32.7 Å². The summed E-state index contributed by atoms with van der Waals surface area (Å²) in [6, 6.07) is 15.5. The molecule has 0 spiro atoms. The molecule has 0 saturated heterocycles. The predicted molar refractivity (Wildman–Crippen MR) is 235 cm³/mol. The van der Waals surface area contributed by atoms with Crippen molar-refractivity contribution in [2.45, 2.75) is 218 Å². The Hall–Kier alpha value is -1.03. The highest BCUT2D eigenvalue weighted by molar-refractivity contribution is 8.34. The van der Waals surface area contributed by atoms with Crippen molar-refractivity contribution in [1.29, 1.82) is 0 Å². The molecule has 0 nitrogen and oxygen atoms in total. The van der Waals surface area contributed by atoms with Gasteiger partial charge in [-0.3, -0.25) is 0 Å². The van der Waals surface area contributed by atoms with Gasteiger partial charge in [-0.25, -0.2) is 0 Å². The lowest BCUT2D eigenvalue weighted by molar-refractivity contribution is 0.438. The van der Waals surface area contributed by atoms with Crippen molar-refractivity contribution in [3.05, 3.63) is 51.7 Å². The molecule has 1 aliphatic rings. The van der Waals surface area contributed by atoms with Crippen molar-refractivity contribution in [1.82, 2.24) is 0 Å². The van der Waals surface area contributed by atoms with Crippen molar-refractivity contribution in [3.63, 3.8) is 0 Å². The summed E-state index contributed by atoms with van der Waals surface area (Å²) in [5.41, 5.74) is 1.72. The molecular formula is C47H80S3. The molecule has 0 fully saturated rings. The Balaban J connectivity index is 0.00000164. The van der Waals surface area contributed by atoms with Crippen LogP contribution in [-0.4, -0.2) is 5.75 Å². The molecule has 3 aromatic rings. The molecule has 2 aromatic heterocycles. The molecule has 2 unspecified atom stereocenters. The molecule has 3 heterocycles. The number of hydrogen-bond donors (Lipinski definition) is 0. The first kappa shape index (κ1) is 45.1. The number of hydrogen-bond acceptors (Lipinski definition) is 2. The molecule has 0 saturated carbocycles. The fraction of sp³-hybridized carbons (Fsp3) is 0.702. The zero-order valence-electron chi connectivity index (χ0n) is 34.9. The quantitative estimate of drug-likeness (QED) is 0.0954.